The lowest BCUT2D eigenvalue weighted by atomic mass is 9.93. The number of ether oxygens (including phenoxy) is 1. The van der Waals surface area contributed by atoms with E-state index in [1.807, 2.05) is 18.2 Å². The second-order valence-corrected chi connectivity index (χ2v) is 6.83. The number of rotatable bonds is 4. The number of aromatic nitrogens is 1. The van der Waals surface area contributed by atoms with Crippen LogP contribution in [-0.4, -0.2) is 24.6 Å². The van der Waals surface area contributed by atoms with E-state index in [4.69, 9.17) is 9.72 Å². The monoisotopic (exact) mass is 382 g/mol. The molecule has 1 atom stereocenters. The molecule has 4 nitrogen and oxygen atoms in total. The van der Waals surface area contributed by atoms with E-state index < -0.39 is 0 Å². The van der Waals surface area contributed by atoms with Gasteiger partial charge >= 0.3 is 5.97 Å². The first kappa shape index (κ1) is 19.2. The van der Waals surface area contributed by atoms with Gasteiger partial charge in [0.15, 0.2) is 0 Å². The first-order valence-corrected chi connectivity index (χ1v) is 9.00. The zero-order valence-corrected chi connectivity index (χ0v) is 16.3. The van der Waals surface area contributed by atoms with Crippen molar-refractivity contribution in [2.45, 2.75) is 25.7 Å². The van der Waals surface area contributed by atoms with E-state index in [9.17, 15) is 4.79 Å². The number of esters is 1. The van der Waals surface area contributed by atoms with Crippen LogP contribution in [-0.2, 0) is 17.6 Å². The molecule has 4 rings (SSSR count). The first-order valence-electron chi connectivity index (χ1n) is 9.00. The Kier molecular flexibility index (Phi) is 5.66. The van der Waals surface area contributed by atoms with Crippen molar-refractivity contribution in [1.29, 1.82) is 0 Å². The van der Waals surface area contributed by atoms with Crippen molar-refractivity contribution >= 4 is 35.0 Å². The SMILES string of the molecule is COC(=O)c1ccc2nc(CC(C)c3ccccc3)c3c(c2c1)NCC3.Cl. The van der Waals surface area contributed by atoms with Crippen LogP contribution in [0.4, 0.5) is 5.69 Å². The molecule has 1 aliphatic rings. The Bertz CT molecular complexity index is 973. The summed E-state index contributed by atoms with van der Waals surface area (Å²) in [4.78, 5) is 16.8. The molecule has 140 valence electrons. The molecule has 0 aliphatic carbocycles. The topological polar surface area (TPSA) is 51.2 Å². The van der Waals surface area contributed by atoms with Gasteiger partial charge in [-0.2, -0.15) is 0 Å². The molecule has 2 heterocycles. The standard InChI is InChI=1S/C22H22N2O2.ClH/c1-14(15-6-4-3-5-7-15)12-20-17-10-11-23-21(17)18-13-16(22(25)26-2)8-9-19(18)24-20;/h3-9,13-14,23H,10-12H2,1-2H3;1H. The molecule has 5 heteroatoms. The number of benzene rings is 2. The maximum Gasteiger partial charge on any atom is 0.337 e. The number of nitrogens with one attached hydrogen (secondary N) is 1. The maximum atomic E-state index is 11.9. The van der Waals surface area contributed by atoms with Crippen LogP contribution in [0.25, 0.3) is 10.9 Å². The van der Waals surface area contributed by atoms with Crippen molar-refractivity contribution in [3.05, 3.63) is 70.9 Å². The highest BCUT2D eigenvalue weighted by molar-refractivity contribution is 6.00. The van der Waals surface area contributed by atoms with Gasteiger partial charge in [-0.25, -0.2) is 4.79 Å². The van der Waals surface area contributed by atoms with Crippen molar-refractivity contribution < 1.29 is 9.53 Å². The van der Waals surface area contributed by atoms with Gasteiger partial charge in [0, 0.05) is 23.3 Å². The van der Waals surface area contributed by atoms with Gasteiger partial charge in [0.2, 0.25) is 0 Å². The Balaban J connectivity index is 0.00000210. The third kappa shape index (κ3) is 3.62. The molecule has 27 heavy (non-hydrogen) atoms. The number of nitrogens with zero attached hydrogens (tertiary/aromatic N) is 1. The highest BCUT2D eigenvalue weighted by Gasteiger charge is 2.22. The lowest BCUT2D eigenvalue weighted by Crippen LogP contribution is -2.05. The third-order valence-corrected chi connectivity index (χ3v) is 5.14. The molecule has 0 amide bonds. The summed E-state index contributed by atoms with van der Waals surface area (Å²) in [5.74, 6) is 0.0839. The predicted molar refractivity (Wildman–Crippen MR) is 111 cm³/mol. The Labute approximate surface area is 165 Å². The fourth-order valence-corrected chi connectivity index (χ4v) is 3.74. The number of carbonyl (C=O) groups excluding carboxylic acids is 1. The third-order valence-electron chi connectivity index (χ3n) is 5.14. The first-order chi connectivity index (χ1) is 12.7. The number of anilines is 1. The minimum absolute atomic E-state index is 0. The lowest BCUT2D eigenvalue weighted by Gasteiger charge is -2.16. The minimum atomic E-state index is -0.319. The Morgan fingerprint density at radius 2 is 2.00 bits per heavy atom. The summed E-state index contributed by atoms with van der Waals surface area (Å²) in [6, 6.07) is 16.1. The molecular weight excluding hydrogens is 360 g/mol. The number of fused-ring (bicyclic) bond motifs is 3. The van der Waals surface area contributed by atoms with Gasteiger partial charge in [0.1, 0.15) is 0 Å². The fourth-order valence-electron chi connectivity index (χ4n) is 3.74. The number of pyridine rings is 1. The molecule has 1 aliphatic heterocycles. The lowest BCUT2D eigenvalue weighted by molar-refractivity contribution is 0.0601. The summed E-state index contributed by atoms with van der Waals surface area (Å²) in [6.07, 6.45) is 1.88. The van der Waals surface area contributed by atoms with E-state index >= 15 is 0 Å². The van der Waals surface area contributed by atoms with Gasteiger partial charge in [-0.05, 0) is 48.1 Å². The van der Waals surface area contributed by atoms with E-state index in [1.165, 1.54) is 18.2 Å². The average Bonchev–Trinajstić information content (AvgIpc) is 3.18. The minimum Gasteiger partial charge on any atom is -0.465 e. The van der Waals surface area contributed by atoms with E-state index in [0.717, 1.165) is 41.7 Å². The van der Waals surface area contributed by atoms with Gasteiger partial charge in [0.05, 0.1) is 18.2 Å². The number of hydrogen-bond donors (Lipinski definition) is 1. The zero-order valence-electron chi connectivity index (χ0n) is 15.5. The van der Waals surface area contributed by atoms with Crippen LogP contribution in [0.5, 0.6) is 0 Å². The van der Waals surface area contributed by atoms with Crippen LogP contribution in [0.1, 0.15) is 40.0 Å². The number of halogens is 1. The summed E-state index contributed by atoms with van der Waals surface area (Å²) in [5, 5.41) is 4.49. The summed E-state index contributed by atoms with van der Waals surface area (Å²) in [5.41, 5.74) is 6.36. The molecule has 0 saturated carbocycles. The second-order valence-electron chi connectivity index (χ2n) is 6.83. The number of hydrogen-bond acceptors (Lipinski definition) is 4. The summed E-state index contributed by atoms with van der Waals surface area (Å²) in [6.45, 7) is 3.15. The number of carbonyl (C=O) groups is 1. The van der Waals surface area contributed by atoms with E-state index in [2.05, 4.69) is 36.5 Å². The normalized spacial score (nSPS) is 13.4. The smallest absolute Gasteiger partial charge is 0.337 e. The predicted octanol–water partition coefficient (Wildman–Crippen LogP) is 4.76. The molecule has 1 aromatic heterocycles. The van der Waals surface area contributed by atoms with Crippen molar-refractivity contribution in [3.63, 3.8) is 0 Å². The van der Waals surface area contributed by atoms with Gasteiger partial charge in [-0.1, -0.05) is 37.3 Å². The van der Waals surface area contributed by atoms with Crippen LogP contribution in [0.2, 0.25) is 0 Å². The second kappa shape index (κ2) is 7.97. The van der Waals surface area contributed by atoms with Gasteiger partial charge in [-0.15, -0.1) is 12.4 Å². The van der Waals surface area contributed by atoms with Crippen molar-refractivity contribution in [2.24, 2.45) is 0 Å². The fraction of sp³-hybridized carbons (Fsp3) is 0.273. The maximum absolute atomic E-state index is 11.9. The molecule has 1 unspecified atom stereocenters. The largest absolute Gasteiger partial charge is 0.465 e. The van der Waals surface area contributed by atoms with Crippen LogP contribution < -0.4 is 5.32 Å². The molecule has 0 radical (unpaired) electrons. The van der Waals surface area contributed by atoms with Crippen LogP contribution in [0.3, 0.4) is 0 Å². The quantitative estimate of drug-likeness (QED) is 0.661. The highest BCUT2D eigenvalue weighted by Crippen LogP contribution is 2.35. The van der Waals surface area contributed by atoms with Crippen molar-refractivity contribution in [3.8, 4) is 0 Å². The highest BCUT2D eigenvalue weighted by atomic mass is 35.5. The van der Waals surface area contributed by atoms with Gasteiger partial charge < -0.3 is 10.1 Å². The zero-order chi connectivity index (χ0) is 18.1. The molecule has 0 spiro atoms. The molecule has 0 fully saturated rings. The van der Waals surface area contributed by atoms with Gasteiger partial charge in [-0.3, -0.25) is 4.98 Å². The Morgan fingerprint density at radius 1 is 1.22 bits per heavy atom. The Morgan fingerprint density at radius 3 is 2.74 bits per heavy atom. The van der Waals surface area contributed by atoms with Crippen molar-refractivity contribution in [2.75, 3.05) is 19.0 Å². The summed E-state index contributed by atoms with van der Waals surface area (Å²) >= 11 is 0. The van der Waals surface area contributed by atoms with E-state index in [-0.39, 0.29) is 18.4 Å². The summed E-state index contributed by atoms with van der Waals surface area (Å²) < 4.78 is 4.85. The average molecular weight is 383 g/mol. The molecule has 1 N–H and O–H groups in total. The van der Waals surface area contributed by atoms with Crippen LogP contribution >= 0.6 is 12.4 Å². The molecular formula is C22H23ClN2O2. The molecule has 0 bridgehead atoms. The van der Waals surface area contributed by atoms with Gasteiger partial charge in [0.25, 0.3) is 0 Å². The number of methoxy groups -OCH3 is 1. The van der Waals surface area contributed by atoms with E-state index in [1.54, 1.807) is 6.07 Å². The summed E-state index contributed by atoms with van der Waals surface area (Å²) in [7, 11) is 1.40. The van der Waals surface area contributed by atoms with Crippen LogP contribution in [0.15, 0.2) is 48.5 Å². The molecule has 3 aromatic rings. The Hall–Kier alpha value is -2.59. The van der Waals surface area contributed by atoms with E-state index in [0.29, 0.717) is 11.5 Å². The van der Waals surface area contributed by atoms with Crippen molar-refractivity contribution in [1.82, 2.24) is 4.98 Å². The molecule has 0 saturated heterocycles. The van der Waals surface area contributed by atoms with Crippen LogP contribution in [0, 0.1) is 0 Å². The molecule has 2 aromatic carbocycles.